The van der Waals surface area contributed by atoms with E-state index < -0.39 is 5.69 Å². The zero-order chi connectivity index (χ0) is 10.1. The third-order valence-corrected chi connectivity index (χ3v) is 1.84. The quantitative estimate of drug-likeness (QED) is 0.605. The van der Waals surface area contributed by atoms with Crippen LogP contribution in [0.25, 0.3) is 5.78 Å². The van der Waals surface area contributed by atoms with Crippen LogP contribution >= 0.6 is 0 Å². The molecular formula is C7H9N5O2. The smallest absolute Gasteiger partial charge is 0.357 e. The fourth-order valence-electron chi connectivity index (χ4n) is 1.25. The van der Waals surface area contributed by atoms with E-state index in [1.54, 1.807) is 10.8 Å². The lowest BCUT2D eigenvalue weighted by molar-refractivity contribution is 0.277. The van der Waals surface area contributed by atoms with E-state index in [1.807, 2.05) is 0 Å². The van der Waals surface area contributed by atoms with E-state index in [4.69, 9.17) is 10.8 Å². The van der Waals surface area contributed by atoms with Gasteiger partial charge in [-0.05, 0) is 0 Å². The van der Waals surface area contributed by atoms with E-state index in [0.29, 0.717) is 12.3 Å². The van der Waals surface area contributed by atoms with Crippen LogP contribution in [-0.4, -0.2) is 30.6 Å². The zero-order valence-corrected chi connectivity index (χ0v) is 7.29. The van der Waals surface area contributed by atoms with Crippen LogP contribution in [-0.2, 0) is 6.54 Å². The van der Waals surface area contributed by atoms with Gasteiger partial charge in [-0.2, -0.15) is 9.97 Å². The molecule has 0 aliphatic carbocycles. The summed E-state index contributed by atoms with van der Waals surface area (Å²) in [5.41, 5.74) is 4.87. The Labute approximate surface area is 78.4 Å². The van der Waals surface area contributed by atoms with E-state index in [2.05, 4.69) is 9.97 Å². The number of nitrogens with two attached hydrogens (primary N) is 1. The average molecular weight is 195 g/mol. The second-order valence-electron chi connectivity index (χ2n) is 2.75. The maximum absolute atomic E-state index is 11.3. The van der Waals surface area contributed by atoms with Crippen LogP contribution in [0.15, 0.2) is 17.2 Å². The van der Waals surface area contributed by atoms with Gasteiger partial charge in [0.2, 0.25) is 11.7 Å². The second-order valence-corrected chi connectivity index (χ2v) is 2.75. The van der Waals surface area contributed by atoms with Gasteiger partial charge in [0.1, 0.15) is 0 Å². The van der Waals surface area contributed by atoms with Gasteiger partial charge in [-0.15, -0.1) is 0 Å². The number of fused-ring (bicyclic) bond motifs is 1. The summed E-state index contributed by atoms with van der Waals surface area (Å²) < 4.78 is 2.89. The van der Waals surface area contributed by atoms with Crippen LogP contribution in [0.2, 0.25) is 0 Å². The van der Waals surface area contributed by atoms with Gasteiger partial charge in [-0.25, -0.2) is 9.20 Å². The number of aliphatic hydroxyl groups is 1. The zero-order valence-electron chi connectivity index (χ0n) is 7.29. The molecule has 0 amide bonds. The Bertz CT molecular complexity index is 514. The van der Waals surface area contributed by atoms with Crippen LogP contribution < -0.4 is 11.4 Å². The Balaban J connectivity index is 2.72. The molecule has 0 aliphatic heterocycles. The lowest BCUT2D eigenvalue weighted by atomic mass is 10.7. The first-order valence-corrected chi connectivity index (χ1v) is 4.04. The van der Waals surface area contributed by atoms with E-state index >= 15 is 0 Å². The average Bonchev–Trinajstić information content (AvgIpc) is 2.49. The van der Waals surface area contributed by atoms with Crippen molar-refractivity contribution in [2.75, 3.05) is 12.3 Å². The van der Waals surface area contributed by atoms with Crippen LogP contribution in [0, 0.1) is 0 Å². The molecule has 2 aromatic heterocycles. The number of anilines is 1. The van der Waals surface area contributed by atoms with Crippen molar-refractivity contribution < 1.29 is 5.11 Å². The van der Waals surface area contributed by atoms with Gasteiger partial charge >= 0.3 is 5.69 Å². The Morgan fingerprint density at radius 3 is 2.93 bits per heavy atom. The number of aromatic nitrogens is 4. The van der Waals surface area contributed by atoms with Gasteiger partial charge in [0.25, 0.3) is 0 Å². The van der Waals surface area contributed by atoms with Crippen LogP contribution in [0.5, 0.6) is 0 Å². The van der Waals surface area contributed by atoms with Crippen molar-refractivity contribution in [2.24, 2.45) is 0 Å². The normalized spacial score (nSPS) is 10.9. The van der Waals surface area contributed by atoms with Gasteiger partial charge in [0.05, 0.1) is 6.61 Å². The molecular weight excluding hydrogens is 186 g/mol. The van der Waals surface area contributed by atoms with Crippen molar-refractivity contribution in [1.82, 2.24) is 18.9 Å². The molecule has 2 rings (SSSR count). The SMILES string of the molecule is Nc1nc(=O)n2ccn(CCO)c2n1. The second kappa shape index (κ2) is 3.11. The number of nitrogens with zero attached hydrogens (tertiary/aromatic N) is 4. The summed E-state index contributed by atoms with van der Waals surface area (Å²) >= 11 is 0. The minimum absolute atomic E-state index is 0.0254. The highest BCUT2D eigenvalue weighted by molar-refractivity contribution is 5.34. The molecule has 74 valence electrons. The largest absolute Gasteiger partial charge is 0.395 e. The Hall–Kier alpha value is -1.89. The maximum atomic E-state index is 11.3. The minimum atomic E-state index is -0.468. The lowest BCUT2D eigenvalue weighted by Crippen LogP contribution is -2.20. The van der Waals surface area contributed by atoms with E-state index in [-0.39, 0.29) is 12.6 Å². The molecule has 7 heteroatoms. The first-order valence-electron chi connectivity index (χ1n) is 4.04. The van der Waals surface area contributed by atoms with Gasteiger partial charge < -0.3 is 15.4 Å². The molecule has 0 atom stereocenters. The Morgan fingerprint density at radius 2 is 2.21 bits per heavy atom. The lowest BCUT2D eigenvalue weighted by Gasteiger charge is -2.00. The number of nitrogen functional groups attached to an aromatic ring is 1. The third kappa shape index (κ3) is 1.23. The first kappa shape index (κ1) is 8.70. The summed E-state index contributed by atoms with van der Waals surface area (Å²) in [6.07, 6.45) is 3.17. The summed E-state index contributed by atoms with van der Waals surface area (Å²) in [6, 6.07) is 0. The molecule has 2 heterocycles. The van der Waals surface area contributed by atoms with Crippen LogP contribution in [0.4, 0.5) is 5.95 Å². The van der Waals surface area contributed by atoms with E-state index in [9.17, 15) is 4.79 Å². The van der Waals surface area contributed by atoms with Crippen LogP contribution in [0.3, 0.4) is 0 Å². The van der Waals surface area contributed by atoms with E-state index in [1.165, 1.54) is 10.6 Å². The summed E-state index contributed by atoms with van der Waals surface area (Å²) in [4.78, 5) is 18.6. The molecule has 0 radical (unpaired) electrons. The molecule has 0 saturated carbocycles. The molecule has 2 aromatic rings. The number of rotatable bonds is 2. The fraction of sp³-hybridized carbons (Fsp3) is 0.286. The van der Waals surface area contributed by atoms with Gasteiger partial charge in [0.15, 0.2) is 0 Å². The molecule has 0 fully saturated rings. The minimum Gasteiger partial charge on any atom is -0.395 e. The topological polar surface area (TPSA) is 98.4 Å². The van der Waals surface area contributed by atoms with Crippen molar-refractivity contribution in [2.45, 2.75) is 6.54 Å². The third-order valence-electron chi connectivity index (χ3n) is 1.84. The molecule has 3 N–H and O–H groups in total. The highest BCUT2D eigenvalue weighted by Crippen LogP contribution is 1.99. The fourth-order valence-corrected chi connectivity index (χ4v) is 1.25. The summed E-state index contributed by atoms with van der Waals surface area (Å²) in [5, 5.41) is 8.75. The van der Waals surface area contributed by atoms with Crippen molar-refractivity contribution in [3.63, 3.8) is 0 Å². The molecule has 0 aromatic carbocycles. The highest BCUT2D eigenvalue weighted by atomic mass is 16.3. The van der Waals surface area contributed by atoms with Crippen molar-refractivity contribution >= 4 is 11.7 Å². The van der Waals surface area contributed by atoms with Gasteiger partial charge in [-0.3, -0.25) is 0 Å². The van der Waals surface area contributed by atoms with E-state index in [0.717, 1.165) is 0 Å². The van der Waals surface area contributed by atoms with Crippen molar-refractivity contribution in [3.8, 4) is 0 Å². The molecule has 14 heavy (non-hydrogen) atoms. The maximum Gasteiger partial charge on any atom is 0.357 e. The molecule has 0 saturated heterocycles. The molecule has 0 spiro atoms. The Morgan fingerprint density at radius 1 is 1.43 bits per heavy atom. The number of hydrogen-bond acceptors (Lipinski definition) is 5. The Kier molecular flexibility index (Phi) is 1.93. The van der Waals surface area contributed by atoms with Gasteiger partial charge in [-0.1, -0.05) is 0 Å². The molecule has 0 unspecified atom stereocenters. The van der Waals surface area contributed by atoms with Crippen molar-refractivity contribution in [1.29, 1.82) is 0 Å². The number of aliphatic hydroxyl groups excluding tert-OH is 1. The number of imidazole rings is 1. The summed E-state index contributed by atoms with van der Waals surface area (Å²) in [6.45, 7) is 0.342. The van der Waals surface area contributed by atoms with Crippen LogP contribution in [0.1, 0.15) is 0 Å². The number of hydrogen-bond donors (Lipinski definition) is 2. The molecule has 0 bridgehead atoms. The summed E-state index contributed by atoms with van der Waals surface area (Å²) in [7, 11) is 0. The predicted octanol–water partition coefficient (Wildman–Crippen LogP) is -1.53. The standard InChI is InChI=1S/C7H9N5O2/c8-5-9-6-11(3-4-13)1-2-12(6)7(14)10-5/h1-2,13H,3-4H2,(H2,8,10,14). The predicted molar refractivity (Wildman–Crippen MR) is 48.7 cm³/mol. The monoisotopic (exact) mass is 195 g/mol. The highest BCUT2D eigenvalue weighted by Gasteiger charge is 2.05. The van der Waals surface area contributed by atoms with Gasteiger partial charge in [0, 0.05) is 18.9 Å². The molecule has 0 aliphatic rings. The molecule has 7 nitrogen and oxygen atoms in total. The summed E-state index contributed by atoms with van der Waals surface area (Å²) in [5.74, 6) is 0.324. The first-order chi connectivity index (χ1) is 6.72. The van der Waals surface area contributed by atoms with Crippen molar-refractivity contribution in [3.05, 3.63) is 22.9 Å².